The maximum atomic E-state index is 12.1. The Morgan fingerprint density at radius 3 is 2.63 bits per heavy atom. The fraction of sp³-hybridized carbons (Fsp3) is 0.933. The van der Waals surface area contributed by atoms with Crippen LogP contribution in [0.15, 0.2) is 0 Å². The van der Waals surface area contributed by atoms with Gasteiger partial charge in [-0.05, 0) is 44.4 Å². The number of nitrogens with one attached hydrogen (secondary N) is 1. The van der Waals surface area contributed by atoms with Crippen LogP contribution < -0.4 is 5.32 Å². The summed E-state index contributed by atoms with van der Waals surface area (Å²) in [6.45, 7) is 3.53. The fourth-order valence-electron chi connectivity index (χ4n) is 3.41. The number of piperidine rings is 1. The number of carbonyl (C=O) groups excluding carboxylic acids is 1. The molecule has 0 bridgehead atoms. The van der Waals surface area contributed by atoms with Gasteiger partial charge in [0.05, 0.1) is 6.10 Å². The van der Waals surface area contributed by atoms with Crippen molar-refractivity contribution in [2.24, 2.45) is 5.92 Å². The van der Waals surface area contributed by atoms with Crippen molar-refractivity contribution in [1.29, 1.82) is 0 Å². The molecule has 0 aromatic rings. The number of hydrogen-bond donors (Lipinski definition) is 2. The van der Waals surface area contributed by atoms with Gasteiger partial charge in [-0.15, -0.1) is 0 Å². The van der Waals surface area contributed by atoms with Gasteiger partial charge in [0.15, 0.2) is 0 Å². The first kappa shape index (κ1) is 14.6. The highest BCUT2D eigenvalue weighted by molar-refractivity contribution is 5.74. The van der Waals surface area contributed by atoms with E-state index in [0.717, 1.165) is 38.1 Å². The molecule has 1 saturated heterocycles. The van der Waals surface area contributed by atoms with Gasteiger partial charge in [-0.1, -0.05) is 19.8 Å². The predicted molar refractivity (Wildman–Crippen MR) is 76.0 cm³/mol. The van der Waals surface area contributed by atoms with Crippen LogP contribution in [0.5, 0.6) is 0 Å². The second-order valence-corrected chi connectivity index (χ2v) is 6.20. The molecule has 1 aliphatic carbocycles. The molecule has 1 aliphatic heterocycles. The van der Waals surface area contributed by atoms with Crippen molar-refractivity contribution in [3.05, 3.63) is 0 Å². The summed E-state index contributed by atoms with van der Waals surface area (Å²) in [7, 11) is 0. The first-order chi connectivity index (χ1) is 9.19. The number of aliphatic hydroxyl groups is 1. The van der Waals surface area contributed by atoms with Gasteiger partial charge in [-0.25, -0.2) is 4.79 Å². The van der Waals surface area contributed by atoms with Crippen LogP contribution in [-0.4, -0.2) is 41.3 Å². The molecule has 1 unspecified atom stereocenters. The minimum Gasteiger partial charge on any atom is -0.391 e. The Labute approximate surface area is 116 Å². The monoisotopic (exact) mass is 268 g/mol. The fourth-order valence-corrected chi connectivity index (χ4v) is 3.41. The lowest BCUT2D eigenvalue weighted by Gasteiger charge is -2.34. The molecule has 1 atom stereocenters. The molecule has 19 heavy (non-hydrogen) atoms. The topological polar surface area (TPSA) is 52.6 Å². The molecule has 4 heteroatoms. The Hall–Kier alpha value is -0.770. The zero-order valence-corrected chi connectivity index (χ0v) is 12.1. The van der Waals surface area contributed by atoms with E-state index in [-0.39, 0.29) is 12.1 Å². The molecule has 2 amide bonds. The van der Waals surface area contributed by atoms with Crippen molar-refractivity contribution in [3.8, 4) is 0 Å². The largest absolute Gasteiger partial charge is 0.391 e. The van der Waals surface area contributed by atoms with E-state index < -0.39 is 0 Å². The van der Waals surface area contributed by atoms with Crippen LogP contribution >= 0.6 is 0 Å². The molecular weight excluding hydrogens is 240 g/mol. The van der Waals surface area contributed by atoms with E-state index in [2.05, 4.69) is 12.2 Å². The summed E-state index contributed by atoms with van der Waals surface area (Å²) in [5.41, 5.74) is 0. The van der Waals surface area contributed by atoms with Gasteiger partial charge in [-0.2, -0.15) is 0 Å². The van der Waals surface area contributed by atoms with Crippen LogP contribution in [0.3, 0.4) is 0 Å². The molecule has 1 saturated carbocycles. The molecule has 0 radical (unpaired) electrons. The van der Waals surface area contributed by atoms with Crippen molar-refractivity contribution >= 4 is 6.03 Å². The van der Waals surface area contributed by atoms with Gasteiger partial charge < -0.3 is 15.3 Å². The molecule has 2 fully saturated rings. The molecule has 0 spiro atoms. The highest BCUT2D eigenvalue weighted by Gasteiger charge is 2.26. The second-order valence-electron chi connectivity index (χ2n) is 6.20. The lowest BCUT2D eigenvalue weighted by molar-refractivity contribution is 0.0824. The molecular formula is C15H28N2O2. The van der Waals surface area contributed by atoms with E-state index in [0.29, 0.717) is 12.6 Å². The van der Waals surface area contributed by atoms with Crippen LogP contribution in [0.4, 0.5) is 4.79 Å². The van der Waals surface area contributed by atoms with Gasteiger partial charge in [0.25, 0.3) is 0 Å². The van der Waals surface area contributed by atoms with E-state index in [1.807, 2.05) is 0 Å². The summed E-state index contributed by atoms with van der Waals surface area (Å²) in [4.78, 5) is 13.9. The molecule has 2 rings (SSSR count). The van der Waals surface area contributed by atoms with Crippen molar-refractivity contribution in [2.75, 3.05) is 13.1 Å². The number of likely N-dealkylation sites (tertiary alicyclic amines) is 1. The predicted octanol–water partition coefficient (Wildman–Crippen LogP) is 2.51. The molecule has 2 aliphatic rings. The maximum Gasteiger partial charge on any atom is 0.317 e. The molecule has 0 aromatic heterocycles. The summed E-state index contributed by atoms with van der Waals surface area (Å²) in [5.74, 6) is 0.870. The smallest absolute Gasteiger partial charge is 0.317 e. The summed E-state index contributed by atoms with van der Waals surface area (Å²) >= 11 is 0. The Morgan fingerprint density at radius 2 is 2.00 bits per heavy atom. The first-order valence-corrected chi connectivity index (χ1v) is 7.92. The highest BCUT2D eigenvalue weighted by atomic mass is 16.3. The molecule has 4 nitrogen and oxygen atoms in total. The summed E-state index contributed by atoms with van der Waals surface area (Å²) in [6.07, 6.45) is 8.75. The van der Waals surface area contributed by atoms with E-state index in [1.54, 1.807) is 4.90 Å². The number of aliphatic hydroxyl groups excluding tert-OH is 1. The molecule has 110 valence electrons. The zero-order chi connectivity index (χ0) is 13.7. The normalized spacial score (nSPS) is 32.1. The van der Waals surface area contributed by atoms with Gasteiger partial charge in [0, 0.05) is 19.1 Å². The first-order valence-electron chi connectivity index (χ1n) is 7.92. The van der Waals surface area contributed by atoms with Gasteiger partial charge in [0.1, 0.15) is 0 Å². The second kappa shape index (κ2) is 7.13. The average molecular weight is 268 g/mol. The number of hydrogen-bond acceptors (Lipinski definition) is 2. The Kier molecular flexibility index (Phi) is 5.49. The van der Waals surface area contributed by atoms with E-state index in [1.165, 1.54) is 25.7 Å². The van der Waals surface area contributed by atoms with Crippen LogP contribution in [0.1, 0.15) is 58.3 Å². The van der Waals surface area contributed by atoms with Crippen LogP contribution in [0.25, 0.3) is 0 Å². The number of nitrogens with zero attached hydrogens (tertiary/aromatic N) is 1. The van der Waals surface area contributed by atoms with E-state index >= 15 is 0 Å². The summed E-state index contributed by atoms with van der Waals surface area (Å²) in [5, 5.41) is 12.8. The van der Waals surface area contributed by atoms with Crippen LogP contribution in [0.2, 0.25) is 0 Å². The molecule has 0 aromatic carbocycles. The zero-order valence-electron chi connectivity index (χ0n) is 12.1. The minimum atomic E-state index is -0.334. The minimum absolute atomic E-state index is 0.0256. The summed E-state index contributed by atoms with van der Waals surface area (Å²) in [6, 6.07) is 0.373. The Bertz CT molecular complexity index is 288. The maximum absolute atomic E-state index is 12.1. The lowest BCUT2D eigenvalue weighted by atomic mass is 9.83. The Morgan fingerprint density at radius 1 is 1.26 bits per heavy atom. The lowest BCUT2D eigenvalue weighted by Crippen LogP contribution is -2.50. The van der Waals surface area contributed by atoms with E-state index in [4.69, 9.17) is 0 Å². The number of β-amino-alcohol motifs (C(OH)–C–C–N with tert-alkyl or cyclic N) is 1. The quantitative estimate of drug-likeness (QED) is 0.826. The van der Waals surface area contributed by atoms with Crippen molar-refractivity contribution in [2.45, 2.75) is 70.4 Å². The highest BCUT2D eigenvalue weighted by Crippen LogP contribution is 2.27. The molecule has 1 heterocycles. The SMILES string of the molecule is CCCC1CCC(NC(=O)N2CCCC(O)C2)CC1. The number of rotatable bonds is 3. The number of urea groups is 1. The van der Waals surface area contributed by atoms with Gasteiger partial charge in [-0.3, -0.25) is 0 Å². The van der Waals surface area contributed by atoms with Crippen molar-refractivity contribution in [1.82, 2.24) is 10.2 Å². The third-order valence-corrected chi connectivity index (χ3v) is 4.56. The third kappa shape index (κ3) is 4.37. The standard InChI is InChI=1S/C15H28N2O2/c1-2-4-12-6-8-13(9-7-12)16-15(19)17-10-3-5-14(18)11-17/h12-14,18H,2-11H2,1H3,(H,16,19). The molecule has 2 N–H and O–H groups in total. The van der Waals surface area contributed by atoms with Crippen molar-refractivity contribution in [3.63, 3.8) is 0 Å². The third-order valence-electron chi connectivity index (χ3n) is 4.56. The summed E-state index contributed by atoms with van der Waals surface area (Å²) < 4.78 is 0. The van der Waals surface area contributed by atoms with Gasteiger partial charge in [0.2, 0.25) is 0 Å². The average Bonchev–Trinajstić information content (AvgIpc) is 2.41. The van der Waals surface area contributed by atoms with Gasteiger partial charge >= 0.3 is 6.03 Å². The van der Waals surface area contributed by atoms with E-state index in [9.17, 15) is 9.90 Å². The number of carbonyl (C=O) groups is 1. The number of amides is 2. The van der Waals surface area contributed by atoms with Crippen molar-refractivity contribution < 1.29 is 9.90 Å². The van der Waals surface area contributed by atoms with Crippen LogP contribution in [0, 0.1) is 5.92 Å². The van der Waals surface area contributed by atoms with Crippen LogP contribution in [-0.2, 0) is 0 Å². The Balaban J connectivity index is 1.71.